The van der Waals surface area contributed by atoms with Gasteiger partial charge >= 0.3 is 0 Å². The van der Waals surface area contributed by atoms with Crippen molar-refractivity contribution >= 4 is 27.3 Å². The van der Waals surface area contributed by atoms with Gasteiger partial charge in [-0.15, -0.1) is 0 Å². The van der Waals surface area contributed by atoms with E-state index in [1.807, 2.05) is 32.0 Å². The van der Waals surface area contributed by atoms with E-state index in [9.17, 15) is 17.6 Å². The quantitative estimate of drug-likeness (QED) is 0.544. The molecule has 3 rings (SSSR count). The summed E-state index contributed by atoms with van der Waals surface area (Å²) >= 11 is 0. The number of ether oxygens (including phenoxy) is 1. The van der Waals surface area contributed by atoms with Gasteiger partial charge in [0.2, 0.25) is 10.0 Å². The summed E-state index contributed by atoms with van der Waals surface area (Å²) in [4.78, 5) is 12.2. The van der Waals surface area contributed by atoms with Gasteiger partial charge in [-0.05, 0) is 55.8 Å². The second-order valence-corrected chi connectivity index (χ2v) is 9.42. The van der Waals surface area contributed by atoms with E-state index in [0.29, 0.717) is 11.4 Å². The number of rotatable bonds is 8. The maximum absolute atomic E-state index is 14.0. The van der Waals surface area contributed by atoms with Gasteiger partial charge in [0.05, 0.1) is 18.5 Å². The lowest BCUT2D eigenvalue weighted by Gasteiger charge is -2.23. The fourth-order valence-electron chi connectivity index (χ4n) is 3.18. The lowest BCUT2D eigenvalue weighted by atomic mass is 10.1. The van der Waals surface area contributed by atoms with Crippen LogP contribution in [0.3, 0.4) is 0 Å². The van der Waals surface area contributed by atoms with Crippen molar-refractivity contribution in [1.82, 2.24) is 0 Å². The van der Waals surface area contributed by atoms with Gasteiger partial charge in [-0.2, -0.15) is 0 Å². The highest BCUT2D eigenvalue weighted by molar-refractivity contribution is 7.92. The minimum atomic E-state index is -3.65. The molecule has 0 aromatic heterocycles. The first kappa shape index (κ1) is 23.3. The van der Waals surface area contributed by atoms with Crippen LogP contribution in [0.25, 0.3) is 0 Å². The number of hydrogen-bond donors (Lipinski definition) is 1. The number of carbonyl (C=O) groups excluding carboxylic acids is 1. The summed E-state index contributed by atoms with van der Waals surface area (Å²) in [7, 11) is -3.65. The zero-order valence-electron chi connectivity index (χ0n) is 18.1. The van der Waals surface area contributed by atoms with Crippen LogP contribution in [0.2, 0.25) is 0 Å². The Bertz CT molecular complexity index is 1210. The van der Waals surface area contributed by atoms with E-state index in [2.05, 4.69) is 5.32 Å². The summed E-state index contributed by atoms with van der Waals surface area (Å²) in [5.41, 5.74) is 3.41. The maximum Gasteiger partial charge on any atom is 0.262 e. The van der Waals surface area contributed by atoms with Crippen LogP contribution in [0, 0.1) is 19.7 Å². The Morgan fingerprint density at radius 1 is 1.03 bits per heavy atom. The van der Waals surface area contributed by atoms with Crippen LogP contribution in [0.5, 0.6) is 5.75 Å². The Hall–Kier alpha value is -3.39. The first-order valence-electron chi connectivity index (χ1n) is 9.94. The Morgan fingerprint density at radius 3 is 2.34 bits per heavy atom. The van der Waals surface area contributed by atoms with Crippen LogP contribution < -0.4 is 14.4 Å². The fourth-order valence-corrected chi connectivity index (χ4v) is 4.06. The van der Waals surface area contributed by atoms with Crippen molar-refractivity contribution in [2.45, 2.75) is 20.4 Å². The van der Waals surface area contributed by atoms with E-state index >= 15 is 0 Å². The summed E-state index contributed by atoms with van der Waals surface area (Å²) in [6.07, 6.45) is 1.07. The predicted octanol–water partition coefficient (Wildman–Crippen LogP) is 4.43. The van der Waals surface area contributed by atoms with E-state index in [0.717, 1.165) is 27.4 Å². The number of nitrogens with zero attached hydrogens (tertiary/aromatic N) is 1. The molecule has 3 aromatic carbocycles. The maximum atomic E-state index is 14.0. The molecule has 0 saturated carbocycles. The Balaban J connectivity index is 1.66. The van der Waals surface area contributed by atoms with Crippen molar-refractivity contribution in [3.05, 3.63) is 89.2 Å². The van der Waals surface area contributed by atoms with Gasteiger partial charge in [0.25, 0.3) is 5.91 Å². The predicted molar refractivity (Wildman–Crippen MR) is 124 cm³/mol. The average Bonchev–Trinajstić information content (AvgIpc) is 2.73. The van der Waals surface area contributed by atoms with Crippen LogP contribution in [-0.2, 0) is 21.4 Å². The Labute approximate surface area is 187 Å². The second-order valence-electron chi connectivity index (χ2n) is 7.51. The van der Waals surface area contributed by atoms with Crippen molar-refractivity contribution in [2.24, 2.45) is 0 Å². The Kier molecular flexibility index (Phi) is 7.15. The number of nitrogens with one attached hydrogen (secondary N) is 1. The number of benzene rings is 3. The number of hydrogen-bond acceptors (Lipinski definition) is 4. The molecule has 3 aromatic rings. The van der Waals surface area contributed by atoms with E-state index in [-0.39, 0.29) is 24.6 Å². The lowest BCUT2D eigenvalue weighted by molar-refractivity contribution is -0.118. The summed E-state index contributed by atoms with van der Waals surface area (Å²) in [5.74, 6) is -0.377. The molecule has 0 spiro atoms. The smallest absolute Gasteiger partial charge is 0.262 e. The standard InChI is InChI=1S/C24H25FN2O4S/c1-17-8-13-23(18(2)14-17)26-24(28)16-31-21-11-9-20(10-12-21)27(32(3,29)30)15-19-6-4-5-7-22(19)25/h4-14H,15-16H2,1-3H3,(H,26,28). The van der Waals surface area contributed by atoms with Crippen molar-refractivity contribution in [3.63, 3.8) is 0 Å². The first-order valence-corrected chi connectivity index (χ1v) is 11.8. The minimum Gasteiger partial charge on any atom is -0.484 e. The monoisotopic (exact) mass is 456 g/mol. The zero-order valence-corrected chi connectivity index (χ0v) is 18.9. The molecular formula is C24H25FN2O4S. The van der Waals surface area contributed by atoms with Gasteiger partial charge in [-0.1, -0.05) is 35.9 Å². The molecule has 1 N–H and O–H groups in total. The molecule has 0 atom stereocenters. The molecule has 0 aliphatic rings. The van der Waals surface area contributed by atoms with Crippen molar-refractivity contribution < 1.29 is 22.3 Å². The molecule has 0 saturated heterocycles. The average molecular weight is 457 g/mol. The van der Waals surface area contributed by atoms with Gasteiger partial charge in [-0.3, -0.25) is 9.10 Å². The molecule has 168 valence electrons. The molecule has 0 radical (unpaired) electrons. The molecule has 1 amide bonds. The van der Waals surface area contributed by atoms with Crippen LogP contribution >= 0.6 is 0 Å². The largest absolute Gasteiger partial charge is 0.484 e. The third kappa shape index (κ3) is 6.07. The van der Waals surface area contributed by atoms with Crippen molar-refractivity contribution in [1.29, 1.82) is 0 Å². The van der Waals surface area contributed by atoms with Crippen LogP contribution in [0.4, 0.5) is 15.8 Å². The van der Waals surface area contributed by atoms with E-state index < -0.39 is 15.8 Å². The first-order chi connectivity index (χ1) is 15.1. The SMILES string of the molecule is Cc1ccc(NC(=O)COc2ccc(N(Cc3ccccc3F)S(C)(=O)=O)cc2)c(C)c1. The normalized spacial score (nSPS) is 11.1. The molecule has 0 fully saturated rings. The molecular weight excluding hydrogens is 431 g/mol. The number of amides is 1. The number of aryl methyl sites for hydroxylation is 2. The molecule has 0 aliphatic carbocycles. The van der Waals surface area contributed by atoms with Crippen LogP contribution in [-0.4, -0.2) is 27.2 Å². The molecule has 0 bridgehead atoms. The van der Waals surface area contributed by atoms with Crippen LogP contribution in [0.1, 0.15) is 16.7 Å². The molecule has 0 unspecified atom stereocenters. The lowest BCUT2D eigenvalue weighted by Crippen LogP contribution is -2.29. The molecule has 8 heteroatoms. The van der Waals surface area contributed by atoms with Crippen LogP contribution in [0.15, 0.2) is 66.7 Å². The van der Waals surface area contributed by atoms with Gasteiger partial charge in [0, 0.05) is 11.3 Å². The summed E-state index contributed by atoms with van der Waals surface area (Å²) in [6, 6.07) is 18.0. The second kappa shape index (κ2) is 9.82. The number of halogens is 1. The van der Waals surface area contributed by atoms with Crippen molar-refractivity contribution in [3.8, 4) is 5.75 Å². The van der Waals surface area contributed by atoms with E-state index in [4.69, 9.17) is 4.74 Å². The molecule has 32 heavy (non-hydrogen) atoms. The van der Waals surface area contributed by atoms with Crippen molar-refractivity contribution in [2.75, 3.05) is 22.5 Å². The van der Waals surface area contributed by atoms with E-state index in [1.165, 1.54) is 6.07 Å². The zero-order chi connectivity index (χ0) is 23.3. The number of anilines is 2. The van der Waals surface area contributed by atoms with Gasteiger partial charge in [0.1, 0.15) is 11.6 Å². The highest BCUT2D eigenvalue weighted by atomic mass is 32.2. The highest BCUT2D eigenvalue weighted by Gasteiger charge is 2.19. The van der Waals surface area contributed by atoms with E-state index in [1.54, 1.807) is 42.5 Å². The topological polar surface area (TPSA) is 75.7 Å². The molecule has 0 heterocycles. The van der Waals surface area contributed by atoms with Gasteiger partial charge in [0.15, 0.2) is 6.61 Å². The molecule has 6 nitrogen and oxygen atoms in total. The number of sulfonamides is 1. The minimum absolute atomic E-state index is 0.135. The third-order valence-electron chi connectivity index (χ3n) is 4.82. The molecule has 0 aliphatic heterocycles. The fraction of sp³-hybridized carbons (Fsp3) is 0.208. The summed E-state index contributed by atoms with van der Waals surface area (Å²) in [5, 5.41) is 2.80. The Morgan fingerprint density at radius 2 is 1.72 bits per heavy atom. The summed E-state index contributed by atoms with van der Waals surface area (Å²) < 4.78 is 45.2. The highest BCUT2D eigenvalue weighted by Crippen LogP contribution is 2.24. The number of carbonyl (C=O) groups is 1. The van der Waals surface area contributed by atoms with Gasteiger partial charge in [-0.25, -0.2) is 12.8 Å². The summed E-state index contributed by atoms with van der Waals surface area (Å²) in [6.45, 7) is 3.56. The van der Waals surface area contributed by atoms with Gasteiger partial charge < -0.3 is 10.1 Å². The third-order valence-corrected chi connectivity index (χ3v) is 5.96.